The third-order valence-electron chi connectivity index (χ3n) is 9.83. The molecule has 0 aromatic rings. The first-order chi connectivity index (χ1) is 27.5. The van der Waals surface area contributed by atoms with Crippen molar-refractivity contribution in [2.45, 2.75) is 226 Å². The lowest BCUT2D eigenvalue weighted by molar-refractivity contribution is -0.167. The van der Waals surface area contributed by atoms with Crippen LogP contribution in [0.4, 0.5) is 0 Å². The van der Waals surface area contributed by atoms with Crippen molar-refractivity contribution in [1.29, 1.82) is 0 Å². The van der Waals surface area contributed by atoms with Gasteiger partial charge in [0.05, 0.1) is 0 Å². The van der Waals surface area contributed by atoms with Crippen molar-refractivity contribution in [1.82, 2.24) is 0 Å². The molecule has 0 fully saturated rings. The van der Waals surface area contributed by atoms with Crippen molar-refractivity contribution in [3.63, 3.8) is 0 Å². The molecule has 0 aliphatic carbocycles. The van der Waals surface area contributed by atoms with Gasteiger partial charge in [-0.05, 0) is 64.2 Å². The van der Waals surface area contributed by atoms with Gasteiger partial charge in [0.25, 0.3) is 0 Å². The van der Waals surface area contributed by atoms with Gasteiger partial charge in [-0.25, -0.2) is 0 Å². The van der Waals surface area contributed by atoms with Gasteiger partial charge in [0.1, 0.15) is 13.2 Å². The Kier molecular flexibility index (Phi) is 42.5. The molecule has 0 rings (SSSR count). The second kappa shape index (κ2) is 44.8. The Labute approximate surface area is 345 Å². The molecule has 0 radical (unpaired) electrons. The van der Waals surface area contributed by atoms with Crippen LogP contribution in [0.25, 0.3) is 0 Å². The summed E-state index contributed by atoms with van der Waals surface area (Å²) in [7, 11) is 0. The summed E-state index contributed by atoms with van der Waals surface area (Å²) in [5.41, 5.74) is 0. The minimum Gasteiger partial charge on any atom is -0.462 e. The average molecular weight is 783 g/mol. The molecule has 0 aliphatic rings. The van der Waals surface area contributed by atoms with E-state index in [9.17, 15) is 14.4 Å². The highest BCUT2D eigenvalue weighted by molar-refractivity contribution is 5.71. The fraction of sp³-hybridized carbons (Fsp3) is 0.740. The zero-order chi connectivity index (χ0) is 40.8. The lowest BCUT2D eigenvalue weighted by Crippen LogP contribution is -2.30. The predicted octanol–water partition coefficient (Wildman–Crippen LogP) is 14.9. The second-order valence-corrected chi connectivity index (χ2v) is 15.3. The van der Waals surface area contributed by atoms with Gasteiger partial charge in [0.2, 0.25) is 0 Å². The molecule has 1 atom stereocenters. The molecule has 0 N–H and O–H groups in total. The van der Waals surface area contributed by atoms with E-state index in [0.717, 1.165) is 103 Å². The number of allylic oxidation sites excluding steroid dienone is 10. The molecule has 0 aromatic heterocycles. The molecule has 6 nitrogen and oxygen atoms in total. The molecule has 0 saturated carbocycles. The molecule has 6 heteroatoms. The van der Waals surface area contributed by atoms with E-state index in [4.69, 9.17) is 14.2 Å². The van der Waals surface area contributed by atoms with Gasteiger partial charge in [-0.3, -0.25) is 14.4 Å². The third-order valence-corrected chi connectivity index (χ3v) is 9.83. The van der Waals surface area contributed by atoms with E-state index in [2.05, 4.69) is 81.5 Å². The zero-order valence-electron chi connectivity index (χ0n) is 36.6. The molecule has 56 heavy (non-hydrogen) atoms. The van der Waals surface area contributed by atoms with Crippen LogP contribution in [-0.4, -0.2) is 37.2 Å². The number of esters is 3. The van der Waals surface area contributed by atoms with Gasteiger partial charge in [0, 0.05) is 19.3 Å². The summed E-state index contributed by atoms with van der Waals surface area (Å²) < 4.78 is 16.7. The van der Waals surface area contributed by atoms with E-state index in [-0.39, 0.29) is 31.1 Å². The van der Waals surface area contributed by atoms with Crippen LogP contribution in [0.2, 0.25) is 0 Å². The van der Waals surface area contributed by atoms with Gasteiger partial charge >= 0.3 is 17.9 Å². The Balaban J connectivity index is 4.41. The highest BCUT2D eigenvalue weighted by atomic mass is 16.6. The van der Waals surface area contributed by atoms with Crippen LogP contribution < -0.4 is 0 Å². The number of carbonyl (C=O) groups excluding carboxylic acids is 3. The zero-order valence-corrected chi connectivity index (χ0v) is 36.6. The molecule has 0 amide bonds. The molecule has 0 aliphatic heterocycles. The summed E-state index contributed by atoms with van der Waals surface area (Å²) in [6.07, 6.45) is 53.4. The standard InChI is InChI=1S/C50H86O6/c1-4-7-10-13-16-19-22-24-26-28-31-34-37-40-43-49(52)55-46-47(45-54-48(51)42-39-36-33-30-27-21-18-15-12-9-6-3)56-50(53)44-41-38-35-32-29-25-23-20-17-14-11-8-5-2/h7-8,10-11,14,16-17,19-20,23,47H,4-6,9,12-13,15,18,21-22,24-46H2,1-3H3/b10-7-,11-8-,17-14-,19-16-,23-20-. The van der Waals surface area contributed by atoms with Crippen molar-refractivity contribution in [3.8, 4) is 0 Å². The van der Waals surface area contributed by atoms with Crippen LogP contribution in [0.15, 0.2) is 60.8 Å². The van der Waals surface area contributed by atoms with Crippen LogP contribution in [0.5, 0.6) is 0 Å². The minimum atomic E-state index is -0.784. The van der Waals surface area contributed by atoms with E-state index >= 15 is 0 Å². The van der Waals surface area contributed by atoms with E-state index < -0.39 is 6.10 Å². The molecule has 0 aromatic carbocycles. The highest BCUT2D eigenvalue weighted by Crippen LogP contribution is 2.14. The maximum absolute atomic E-state index is 12.7. The van der Waals surface area contributed by atoms with Crippen molar-refractivity contribution in [3.05, 3.63) is 60.8 Å². The monoisotopic (exact) mass is 783 g/mol. The molecule has 322 valence electrons. The average Bonchev–Trinajstić information content (AvgIpc) is 3.19. The molecular weight excluding hydrogens is 697 g/mol. The maximum Gasteiger partial charge on any atom is 0.306 e. The molecule has 1 unspecified atom stereocenters. The van der Waals surface area contributed by atoms with E-state index in [1.165, 1.54) is 77.0 Å². The largest absolute Gasteiger partial charge is 0.462 e. The third kappa shape index (κ3) is 42.3. The number of ether oxygens (including phenoxy) is 3. The topological polar surface area (TPSA) is 78.9 Å². The van der Waals surface area contributed by atoms with Gasteiger partial charge in [-0.2, -0.15) is 0 Å². The van der Waals surface area contributed by atoms with Crippen molar-refractivity contribution in [2.75, 3.05) is 13.2 Å². The highest BCUT2D eigenvalue weighted by Gasteiger charge is 2.19. The maximum atomic E-state index is 12.7. The first kappa shape index (κ1) is 53.1. The van der Waals surface area contributed by atoms with Gasteiger partial charge < -0.3 is 14.2 Å². The lowest BCUT2D eigenvalue weighted by Gasteiger charge is -2.18. The van der Waals surface area contributed by atoms with Crippen LogP contribution in [0.1, 0.15) is 220 Å². The SMILES string of the molecule is CC\C=C/C=C\C=C/CCCCCCCC(=O)OC(COC(=O)CCCCCCCCC/C=C\C/C=C\CC)COC(=O)CCCCCCCCCCCCC. The van der Waals surface area contributed by atoms with Crippen LogP contribution in [0, 0.1) is 0 Å². The lowest BCUT2D eigenvalue weighted by atomic mass is 10.1. The summed E-state index contributed by atoms with van der Waals surface area (Å²) in [6, 6.07) is 0. The molecule has 0 spiro atoms. The van der Waals surface area contributed by atoms with Gasteiger partial charge in [0.15, 0.2) is 6.10 Å². The van der Waals surface area contributed by atoms with Gasteiger partial charge in [-0.1, -0.05) is 197 Å². The van der Waals surface area contributed by atoms with Crippen LogP contribution >= 0.6 is 0 Å². The molecule has 0 heterocycles. The Morgan fingerprint density at radius 3 is 1.27 bits per heavy atom. The number of rotatable bonds is 41. The Morgan fingerprint density at radius 2 is 0.786 bits per heavy atom. The first-order valence-corrected chi connectivity index (χ1v) is 23.3. The first-order valence-electron chi connectivity index (χ1n) is 23.3. The van der Waals surface area contributed by atoms with Crippen LogP contribution in [0.3, 0.4) is 0 Å². The number of carbonyl (C=O) groups is 3. The fourth-order valence-corrected chi connectivity index (χ4v) is 6.36. The second-order valence-electron chi connectivity index (χ2n) is 15.3. The predicted molar refractivity (Wildman–Crippen MR) is 238 cm³/mol. The van der Waals surface area contributed by atoms with Gasteiger partial charge in [-0.15, -0.1) is 0 Å². The molecule has 0 saturated heterocycles. The fourth-order valence-electron chi connectivity index (χ4n) is 6.36. The summed E-state index contributed by atoms with van der Waals surface area (Å²) in [5, 5.41) is 0. The Morgan fingerprint density at radius 1 is 0.393 bits per heavy atom. The summed E-state index contributed by atoms with van der Waals surface area (Å²) in [4.78, 5) is 37.8. The van der Waals surface area contributed by atoms with Crippen molar-refractivity contribution < 1.29 is 28.6 Å². The summed E-state index contributed by atoms with van der Waals surface area (Å²) in [6.45, 7) is 6.36. The summed E-state index contributed by atoms with van der Waals surface area (Å²) in [5.74, 6) is -0.915. The smallest absolute Gasteiger partial charge is 0.306 e. The normalized spacial score (nSPS) is 12.6. The van der Waals surface area contributed by atoms with Crippen molar-refractivity contribution >= 4 is 17.9 Å². The Bertz CT molecular complexity index is 1040. The molecular formula is C50H86O6. The minimum absolute atomic E-state index is 0.0841. The number of hydrogen-bond donors (Lipinski definition) is 0. The Hall–Kier alpha value is -2.89. The summed E-state index contributed by atoms with van der Waals surface area (Å²) >= 11 is 0. The van der Waals surface area contributed by atoms with Crippen molar-refractivity contribution in [2.24, 2.45) is 0 Å². The van der Waals surface area contributed by atoms with E-state index in [1.807, 2.05) is 0 Å². The van der Waals surface area contributed by atoms with E-state index in [1.54, 1.807) is 0 Å². The number of hydrogen-bond acceptors (Lipinski definition) is 6. The van der Waals surface area contributed by atoms with E-state index in [0.29, 0.717) is 19.3 Å². The van der Waals surface area contributed by atoms with Crippen LogP contribution in [-0.2, 0) is 28.6 Å². The number of unbranched alkanes of at least 4 members (excludes halogenated alkanes) is 22. The quantitative estimate of drug-likeness (QED) is 0.0202. The molecule has 0 bridgehead atoms.